The van der Waals surface area contributed by atoms with Crippen molar-refractivity contribution in [3.63, 3.8) is 0 Å². The molecular formula is C19H25N3OS. The van der Waals surface area contributed by atoms with Crippen molar-refractivity contribution in [3.05, 3.63) is 39.8 Å². The number of rotatable bonds is 5. The molecular weight excluding hydrogens is 318 g/mol. The van der Waals surface area contributed by atoms with Crippen molar-refractivity contribution in [1.82, 2.24) is 4.98 Å². The van der Waals surface area contributed by atoms with Crippen molar-refractivity contribution < 1.29 is 4.79 Å². The number of carbonyl (C=O) groups is 1. The number of anilines is 2. The van der Waals surface area contributed by atoms with Crippen molar-refractivity contribution in [2.45, 2.75) is 46.0 Å². The Bertz CT molecular complexity index is 717. The molecule has 1 aromatic carbocycles. The van der Waals surface area contributed by atoms with Gasteiger partial charge < -0.3 is 10.2 Å². The van der Waals surface area contributed by atoms with Crippen LogP contribution in [0.15, 0.2) is 23.6 Å². The Labute approximate surface area is 147 Å². The summed E-state index contributed by atoms with van der Waals surface area (Å²) in [6, 6.07) is 6.29. The highest BCUT2D eigenvalue weighted by molar-refractivity contribution is 7.09. The number of amides is 1. The molecule has 0 unspecified atom stereocenters. The van der Waals surface area contributed by atoms with Crippen LogP contribution in [0.2, 0.25) is 0 Å². The lowest BCUT2D eigenvalue weighted by atomic mass is 10.1. The predicted octanol–water partition coefficient (Wildman–Crippen LogP) is 4.36. The van der Waals surface area contributed by atoms with Crippen LogP contribution in [-0.4, -0.2) is 24.0 Å². The molecule has 4 nitrogen and oxygen atoms in total. The monoisotopic (exact) mass is 343 g/mol. The van der Waals surface area contributed by atoms with E-state index in [9.17, 15) is 4.79 Å². The summed E-state index contributed by atoms with van der Waals surface area (Å²) in [6.07, 6.45) is 2.86. The fraction of sp³-hybridized carbons (Fsp3) is 0.474. The minimum absolute atomic E-state index is 0.00683. The van der Waals surface area contributed by atoms with Gasteiger partial charge in [-0.2, -0.15) is 0 Å². The molecule has 3 rings (SSSR count). The lowest BCUT2D eigenvalue weighted by Crippen LogP contribution is -2.18. The van der Waals surface area contributed by atoms with E-state index in [1.807, 2.05) is 11.4 Å². The molecule has 5 heteroatoms. The maximum Gasteiger partial charge on any atom is 0.230 e. The average molecular weight is 343 g/mol. The summed E-state index contributed by atoms with van der Waals surface area (Å²) in [5, 5.41) is 6.09. The highest BCUT2D eigenvalue weighted by Crippen LogP contribution is 2.26. The van der Waals surface area contributed by atoms with Gasteiger partial charge in [-0.05, 0) is 43.5 Å². The summed E-state index contributed by atoms with van der Waals surface area (Å²) in [5.74, 6) is 0.403. The summed E-state index contributed by atoms with van der Waals surface area (Å²) in [5.41, 5.74) is 4.10. The van der Waals surface area contributed by atoms with Crippen LogP contribution in [0, 0.1) is 6.92 Å². The molecule has 128 valence electrons. The summed E-state index contributed by atoms with van der Waals surface area (Å²) in [7, 11) is 0. The van der Waals surface area contributed by atoms with Crippen molar-refractivity contribution >= 4 is 28.6 Å². The predicted molar refractivity (Wildman–Crippen MR) is 101 cm³/mol. The van der Waals surface area contributed by atoms with Crippen LogP contribution in [0.1, 0.15) is 48.9 Å². The summed E-state index contributed by atoms with van der Waals surface area (Å²) in [6.45, 7) is 8.55. The smallest absolute Gasteiger partial charge is 0.230 e. The molecule has 0 saturated carbocycles. The molecule has 24 heavy (non-hydrogen) atoms. The Balaban J connectivity index is 1.63. The topological polar surface area (TPSA) is 45.2 Å². The third kappa shape index (κ3) is 3.96. The van der Waals surface area contributed by atoms with Crippen molar-refractivity contribution in [2.75, 3.05) is 23.3 Å². The Hall–Kier alpha value is -1.88. The highest BCUT2D eigenvalue weighted by Gasteiger charge is 2.14. The maximum atomic E-state index is 12.3. The number of aryl methyl sites for hydroxylation is 1. The minimum atomic E-state index is -0.00683. The molecule has 1 amide bonds. The van der Waals surface area contributed by atoms with Gasteiger partial charge in [0.25, 0.3) is 0 Å². The molecule has 0 spiro atoms. The number of hydrogen-bond acceptors (Lipinski definition) is 4. The van der Waals surface area contributed by atoms with Crippen LogP contribution in [0.3, 0.4) is 0 Å². The third-order valence-corrected chi connectivity index (χ3v) is 5.55. The number of aromatic nitrogens is 1. The van der Waals surface area contributed by atoms with Crippen LogP contribution >= 0.6 is 11.3 Å². The normalized spacial score (nSPS) is 14.4. The second-order valence-electron chi connectivity index (χ2n) is 6.75. The van der Waals surface area contributed by atoms with E-state index < -0.39 is 0 Å². The van der Waals surface area contributed by atoms with Crippen molar-refractivity contribution in [1.29, 1.82) is 0 Å². The third-order valence-electron chi connectivity index (χ3n) is 4.36. The van der Waals surface area contributed by atoms with Gasteiger partial charge in [-0.3, -0.25) is 4.79 Å². The number of carbonyl (C=O) groups excluding carboxylic acids is 1. The zero-order valence-electron chi connectivity index (χ0n) is 14.6. The summed E-state index contributed by atoms with van der Waals surface area (Å²) in [4.78, 5) is 19.2. The Kier molecular flexibility index (Phi) is 5.19. The zero-order chi connectivity index (χ0) is 17.1. The van der Waals surface area contributed by atoms with Crippen LogP contribution in [-0.2, 0) is 11.2 Å². The van der Waals surface area contributed by atoms with E-state index in [1.165, 1.54) is 18.5 Å². The molecule has 2 aromatic rings. The molecule has 1 fully saturated rings. The summed E-state index contributed by atoms with van der Waals surface area (Å²) < 4.78 is 0. The Morgan fingerprint density at radius 2 is 2.08 bits per heavy atom. The molecule has 1 aliphatic rings. The van der Waals surface area contributed by atoms with Crippen LogP contribution in [0.25, 0.3) is 0 Å². The lowest BCUT2D eigenvalue weighted by molar-refractivity contribution is -0.115. The molecule has 2 heterocycles. The number of nitrogens with zero attached hydrogens (tertiary/aromatic N) is 2. The highest BCUT2D eigenvalue weighted by atomic mass is 32.1. The van der Waals surface area contributed by atoms with E-state index in [-0.39, 0.29) is 5.91 Å². The Morgan fingerprint density at radius 1 is 1.33 bits per heavy atom. The van der Waals surface area contributed by atoms with Gasteiger partial charge in [-0.1, -0.05) is 13.8 Å². The lowest BCUT2D eigenvalue weighted by Gasteiger charge is -2.19. The number of benzene rings is 1. The Morgan fingerprint density at radius 3 is 2.71 bits per heavy atom. The molecule has 1 aromatic heterocycles. The van der Waals surface area contributed by atoms with E-state index in [2.05, 4.69) is 48.1 Å². The fourth-order valence-corrected chi connectivity index (χ4v) is 3.82. The van der Waals surface area contributed by atoms with E-state index in [0.717, 1.165) is 35.0 Å². The van der Waals surface area contributed by atoms with Gasteiger partial charge in [0.15, 0.2) is 0 Å². The van der Waals surface area contributed by atoms with E-state index >= 15 is 0 Å². The molecule has 0 aliphatic carbocycles. The van der Waals surface area contributed by atoms with Gasteiger partial charge in [0.2, 0.25) is 5.91 Å². The van der Waals surface area contributed by atoms with Crippen LogP contribution in [0.5, 0.6) is 0 Å². The second-order valence-corrected chi connectivity index (χ2v) is 7.64. The standard InChI is InChI=1S/C19H25N3OS/c1-13(2)19-20-15(12-24-19)11-18(23)21-17-7-6-16(10-14(17)3)22-8-4-5-9-22/h6-7,10,12-13H,4-5,8-9,11H2,1-3H3,(H,21,23). The first kappa shape index (κ1) is 17.0. The quantitative estimate of drug-likeness (QED) is 0.877. The molecule has 1 aliphatic heterocycles. The first-order valence-electron chi connectivity index (χ1n) is 8.62. The SMILES string of the molecule is Cc1cc(N2CCCC2)ccc1NC(=O)Cc1csc(C(C)C)n1. The summed E-state index contributed by atoms with van der Waals surface area (Å²) >= 11 is 1.63. The van der Waals surface area contributed by atoms with Gasteiger partial charge in [0.1, 0.15) is 0 Å². The van der Waals surface area contributed by atoms with Crippen molar-refractivity contribution in [3.8, 4) is 0 Å². The van der Waals surface area contributed by atoms with Gasteiger partial charge in [0.05, 0.1) is 17.1 Å². The molecule has 0 radical (unpaired) electrons. The second kappa shape index (κ2) is 7.34. The van der Waals surface area contributed by atoms with Gasteiger partial charge in [-0.25, -0.2) is 4.98 Å². The number of nitrogens with one attached hydrogen (secondary N) is 1. The first-order valence-corrected chi connectivity index (χ1v) is 9.50. The number of hydrogen-bond donors (Lipinski definition) is 1. The molecule has 0 bridgehead atoms. The van der Waals surface area contributed by atoms with E-state index in [0.29, 0.717) is 12.3 Å². The molecule has 0 atom stereocenters. The van der Waals surface area contributed by atoms with Crippen molar-refractivity contribution in [2.24, 2.45) is 0 Å². The average Bonchev–Trinajstić information content (AvgIpc) is 3.20. The maximum absolute atomic E-state index is 12.3. The van der Waals surface area contributed by atoms with Crippen LogP contribution < -0.4 is 10.2 Å². The van der Waals surface area contributed by atoms with E-state index in [4.69, 9.17) is 0 Å². The molecule has 1 saturated heterocycles. The first-order chi connectivity index (χ1) is 11.5. The van der Waals surface area contributed by atoms with Gasteiger partial charge >= 0.3 is 0 Å². The van der Waals surface area contributed by atoms with Crippen LogP contribution in [0.4, 0.5) is 11.4 Å². The van der Waals surface area contributed by atoms with E-state index in [1.54, 1.807) is 11.3 Å². The molecule has 1 N–H and O–H groups in total. The number of thiazole rings is 1. The zero-order valence-corrected chi connectivity index (χ0v) is 15.4. The fourth-order valence-electron chi connectivity index (χ4n) is 2.99. The van der Waals surface area contributed by atoms with Gasteiger partial charge in [0, 0.05) is 35.8 Å². The van der Waals surface area contributed by atoms with Gasteiger partial charge in [-0.15, -0.1) is 11.3 Å². The largest absolute Gasteiger partial charge is 0.372 e. The minimum Gasteiger partial charge on any atom is -0.372 e.